The van der Waals surface area contributed by atoms with E-state index in [0.29, 0.717) is 18.4 Å². The molecule has 0 aliphatic carbocycles. The van der Waals surface area contributed by atoms with Gasteiger partial charge in [-0.25, -0.2) is 0 Å². The summed E-state index contributed by atoms with van der Waals surface area (Å²) in [6, 6.07) is 0. The Morgan fingerprint density at radius 1 is 0.500 bits per heavy atom. The van der Waals surface area contributed by atoms with Crippen molar-refractivity contribution in [3.63, 3.8) is 0 Å². The van der Waals surface area contributed by atoms with E-state index >= 15 is 0 Å². The summed E-state index contributed by atoms with van der Waals surface area (Å²) in [4.78, 5) is 0. The van der Waals surface area contributed by atoms with Gasteiger partial charge in [0, 0.05) is 6.61 Å². The molecule has 2 heteroatoms. The molecule has 0 saturated carbocycles. The maximum Gasteiger partial charge on any atom is 0.0568 e. The third-order valence-electron chi connectivity index (χ3n) is 6.49. The summed E-state index contributed by atoms with van der Waals surface area (Å²) in [6.07, 6.45) is 23.6. The third-order valence-corrected chi connectivity index (χ3v) is 6.49. The minimum Gasteiger partial charge on any atom is -0.396 e. The summed E-state index contributed by atoms with van der Waals surface area (Å²) in [5.74, 6) is 1.06. The van der Waals surface area contributed by atoms with Crippen LogP contribution in [-0.4, -0.2) is 22.9 Å². The average Bonchev–Trinajstić information content (AvgIpc) is 2.71. The molecule has 0 radical (unpaired) electrons. The van der Waals surface area contributed by atoms with Crippen LogP contribution in [0.3, 0.4) is 0 Å². The molecule has 0 aliphatic heterocycles. The fraction of sp³-hybridized carbons (Fsp3) is 1.00. The lowest BCUT2D eigenvalue weighted by atomic mass is 9.87. The van der Waals surface area contributed by atoms with E-state index < -0.39 is 0 Å². The highest BCUT2D eigenvalue weighted by Gasteiger charge is 2.18. The van der Waals surface area contributed by atoms with E-state index in [1.165, 1.54) is 116 Å². The molecule has 2 N–H and O–H groups in total. The molecule has 0 spiro atoms. The van der Waals surface area contributed by atoms with Crippen LogP contribution in [0.25, 0.3) is 0 Å². The zero-order chi connectivity index (χ0) is 20.9. The van der Waals surface area contributed by atoms with E-state index in [1.807, 2.05) is 0 Å². The van der Waals surface area contributed by atoms with Gasteiger partial charge in [0.15, 0.2) is 0 Å². The fourth-order valence-corrected chi connectivity index (χ4v) is 4.39. The van der Waals surface area contributed by atoms with E-state index in [4.69, 9.17) is 0 Å². The summed E-state index contributed by atoms with van der Waals surface area (Å²) in [6.45, 7) is 7.13. The number of hydrogen-bond donors (Lipinski definition) is 2. The standard InChI is InChI=1S/C26H54O2/c1-4-7-10-16-21-25(20-9-6-3)26(28)22-17-13-11-12-15-19-24(23-27)18-14-8-5-2/h24-28H,4-23H2,1-3H3. The number of aliphatic hydroxyl groups is 2. The fourth-order valence-electron chi connectivity index (χ4n) is 4.39. The molecule has 2 nitrogen and oxygen atoms in total. The molecule has 0 aromatic carbocycles. The Labute approximate surface area is 177 Å². The molecule has 28 heavy (non-hydrogen) atoms. The maximum absolute atomic E-state index is 10.7. The van der Waals surface area contributed by atoms with Gasteiger partial charge in [0.2, 0.25) is 0 Å². The molecule has 0 aromatic heterocycles. The maximum atomic E-state index is 10.7. The number of hydrogen-bond acceptors (Lipinski definition) is 2. The smallest absolute Gasteiger partial charge is 0.0568 e. The van der Waals surface area contributed by atoms with Crippen molar-refractivity contribution in [3.05, 3.63) is 0 Å². The normalized spacial score (nSPS) is 14.9. The number of unbranched alkanes of at least 4 members (excludes halogenated alkanes) is 10. The largest absolute Gasteiger partial charge is 0.396 e. The molecule has 0 fully saturated rings. The van der Waals surface area contributed by atoms with Crippen LogP contribution in [0.4, 0.5) is 0 Å². The zero-order valence-electron chi connectivity index (χ0n) is 19.8. The molecule has 0 saturated heterocycles. The summed E-state index contributed by atoms with van der Waals surface area (Å²) < 4.78 is 0. The highest BCUT2D eigenvalue weighted by Crippen LogP contribution is 2.24. The highest BCUT2D eigenvalue weighted by molar-refractivity contribution is 4.70. The van der Waals surface area contributed by atoms with Gasteiger partial charge in [0.05, 0.1) is 6.10 Å². The molecule has 0 heterocycles. The van der Waals surface area contributed by atoms with Gasteiger partial charge in [-0.3, -0.25) is 0 Å². The van der Waals surface area contributed by atoms with Crippen LogP contribution in [0.5, 0.6) is 0 Å². The van der Waals surface area contributed by atoms with E-state index in [-0.39, 0.29) is 6.10 Å². The van der Waals surface area contributed by atoms with Crippen molar-refractivity contribution < 1.29 is 10.2 Å². The van der Waals surface area contributed by atoms with E-state index in [0.717, 1.165) is 6.42 Å². The first-order valence-corrected chi connectivity index (χ1v) is 13.0. The van der Waals surface area contributed by atoms with Gasteiger partial charge in [0.1, 0.15) is 0 Å². The minimum absolute atomic E-state index is 0.0782. The Balaban J connectivity index is 3.80. The second kappa shape index (κ2) is 21.6. The average molecular weight is 399 g/mol. The summed E-state index contributed by atoms with van der Waals surface area (Å²) in [5, 5.41) is 20.2. The van der Waals surface area contributed by atoms with Gasteiger partial charge in [-0.2, -0.15) is 0 Å². The molecule has 0 amide bonds. The van der Waals surface area contributed by atoms with Crippen molar-refractivity contribution in [2.75, 3.05) is 6.61 Å². The van der Waals surface area contributed by atoms with Crippen molar-refractivity contribution in [1.29, 1.82) is 0 Å². The lowest BCUT2D eigenvalue weighted by molar-refractivity contribution is 0.0833. The lowest BCUT2D eigenvalue weighted by Gasteiger charge is -2.23. The van der Waals surface area contributed by atoms with Crippen LogP contribution >= 0.6 is 0 Å². The van der Waals surface area contributed by atoms with Crippen molar-refractivity contribution in [1.82, 2.24) is 0 Å². The van der Waals surface area contributed by atoms with Gasteiger partial charge >= 0.3 is 0 Å². The van der Waals surface area contributed by atoms with Crippen molar-refractivity contribution in [2.24, 2.45) is 11.8 Å². The van der Waals surface area contributed by atoms with Gasteiger partial charge in [-0.15, -0.1) is 0 Å². The Hall–Kier alpha value is -0.0800. The van der Waals surface area contributed by atoms with Gasteiger partial charge in [0.25, 0.3) is 0 Å². The highest BCUT2D eigenvalue weighted by atomic mass is 16.3. The van der Waals surface area contributed by atoms with Crippen LogP contribution < -0.4 is 0 Å². The van der Waals surface area contributed by atoms with E-state index in [2.05, 4.69) is 20.8 Å². The zero-order valence-corrected chi connectivity index (χ0v) is 19.8. The summed E-state index contributed by atoms with van der Waals surface area (Å²) in [7, 11) is 0. The summed E-state index contributed by atoms with van der Waals surface area (Å²) >= 11 is 0. The predicted octanol–water partition coefficient (Wildman–Crippen LogP) is 8.04. The molecule has 3 unspecified atom stereocenters. The van der Waals surface area contributed by atoms with Gasteiger partial charge < -0.3 is 10.2 Å². The molecule has 170 valence electrons. The van der Waals surface area contributed by atoms with Crippen LogP contribution in [0.2, 0.25) is 0 Å². The Morgan fingerprint density at radius 2 is 0.929 bits per heavy atom. The van der Waals surface area contributed by atoms with Crippen LogP contribution in [-0.2, 0) is 0 Å². The topological polar surface area (TPSA) is 40.5 Å². The van der Waals surface area contributed by atoms with Gasteiger partial charge in [-0.05, 0) is 43.9 Å². The van der Waals surface area contributed by atoms with Crippen LogP contribution in [0.15, 0.2) is 0 Å². The molecular weight excluding hydrogens is 344 g/mol. The second-order valence-corrected chi connectivity index (χ2v) is 9.21. The molecule has 0 aliphatic rings. The minimum atomic E-state index is -0.0782. The monoisotopic (exact) mass is 398 g/mol. The number of aliphatic hydroxyl groups excluding tert-OH is 2. The molecule has 0 bridgehead atoms. The van der Waals surface area contributed by atoms with Crippen molar-refractivity contribution in [2.45, 2.75) is 149 Å². The van der Waals surface area contributed by atoms with E-state index in [1.54, 1.807) is 0 Å². The molecule has 0 rings (SSSR count). The second-order valence-electron chi connectivity index (χ2n) is 9.21. The van der Waals surface area contributed by atoms with E-state index in [9.17, 15) is 10.2 Å². The SMILES string of the molecule is CCCCCCC(CCCC)C(O)CCCCCCCC(CO)CCCCC. The predicted molar refractivity (Wildman–Crippen MR) is 125 cm³/mol. The molecular formula is C26H54O2. The first kappa shape index (κ1) is 27.9. The number of rotatable bonds is 22. The Bertz CT molecular complexity index is 292. The first-order chi connectivity index (χ1) is 13.7. The first-order valence-electron chi connectivity index (χ1n) is 13.0. The van der Waals surface area contributed by atoms with Crippen molar-refractivity contribution >= 4 is 0 Å². The third kappa shape index (κ3) is 16.8. The van der Waals surface area contributed by atoms with Crippen molar-refractivity contribution in [3.8, 4) is 0 Å². The lowest BCUT2D eigenvalue weighted by Crippen LogP contribution is -2.20. The molecule has 3 atom stereocenters. The Kier molecular flexibility index (Phi) is 21.6. The Morgan fingerprint density at radius 3 is 1.54 bits per heavy atom. The molecule has 0 aromatic rings. The summed E-state index contributed by atoms with van der Waals surface area (Å²) in [5.41, 5.74) is 0. The van der Waals surface area contributed by atoms with Crippen LogP contribution in [0, 0.1) is 11.8 Å². The van der Waals surface area contributed by atoms with Crippen LogP contribution in [0.1, 0.15) is 143 Å². The quantitative estimate of drug-likeness (QED) is 0.181. The van der Waals surface area contributed by atoms with Gasteiger partial charge in [-0.1, -0.05) is 111 Å².